The van der Waals surface area contributed by atoms with E-state index in [0.29, 0.717) is 17.9 Å². The number of nitrogens with zero attached hydrogens (tertiary/aromatic N) is 1. The van der Waals surface area contributed by atoms with Gasteiger partial charge < -0.3 is 10.6 Å². The lowest BCUT2D eigenvalue weighted by molar-refractivity contribution is 0.0779. The second-order valence-corrected chi connectivity index (χ2v) is 6.09. The highest BCUT2D eigenvalue weighted by Gasteiger charge is 2.42. The van der Waals surface area contributed by atoms with E-state index >= 15 is 0 Å². The number of amides is 1. The molecule has 2 heterocycles. The molecule has 3 unspecified atom stereocenters. The Bertz CT molecular complexity index is 442. The molecule has 92 valence electrons. The van der Waals surface area contributed by atoms with E-state index in [1.807, 2.05) is 22.6 Å². The molecule has 2 aliphatic rings. The van der Waals surface area contributed by atoms with Crippen molar-refractivity contribution < 1.29 is 4.79 Å². The Morgan fingerprint density at radius 2 is 2.24 bits per heavy atom. The van der Waals surface area contributed by atoms with Gasteiger partial charge in [-0.2, -0.15) is 11.3 Å². The normalized spacial score (nSPS) is 31.9. The highest BCUT2D eigenvalue weighted by molar-refractivity contribution is 7.08. The van der Waals surface area contributed by atoms with E-state index in [-0.39, 0.29) is 5.91 Å². The summed E-state index contributed by atoms with van der Waals surface area (Å²) in [4.78, 5) is 14.4. The van der Waals surface area contributed by atoms with Gasteiger partial charge >= 0.3 is 0 Å². The first kappa shape index (κ1) is 11.2. The summed E-state index contributed by atoms with van der Waals surface area (Å²) in [5.41, 5.74) is 8.07. The van der Waals surface area contributed by atoms with Gasteiger partial charge in [0, 0.05) is 24.5 Å². The van der Waals surface area contributed by atoms with Gasteiger partial charge in [0.15, 0.2) is 0 Å². The van der Waals surface area contributed by atoms with Crippen molar-refractivity contribution in [2.24, 2.45) is 17.6 Å². The molecule has 0 aromatic carbocycles. The number of fused-ring (bicyclic) bond motifs is 1. The molecule has 1 amide bonds. The second kappa shape index (κ2) is 4.10. The Morgan fingerprint density at radius 1 is 1.41 bits per heavy atom. The summed E-state index contributed by atoms with van der Waals surface area (Å²) in [6.07, 6.45) is 2.33. The SMILES string of the molecule is Cc1cscc1C(=O)N1CC2CCC(N)C2C1. The van der Waals surface area contributed by atoms with E-state index < -0.39 is 0 Å². The Labute approximate surface area is 106 Å². The molecule has 3 rings (SSSR count). The zero-order chi connectivity index (χ0) is 12.0. The van der Waals surface area contributed by atoms with E-state index in [1.54, 1.807) is 11.3 Å². The molecule has 0 spiro atoms. The number of carbonyl (C=O) groups excluding carboxylic acids is 1. The van der Waals surface area contributed by atoms with Crippen LogP contribution >= 0.6 is 11.3 Å². The lowest BCUT2D eigenvalue weighted by Crippen LogP contribution is -2.33. The summed E-state index contributed by atoms with van der Waals surface area (Å²) in [7, 11) is 0. The van der Waals surface area contributed by atoms with E-state index in [1.165, 1.54) is 6.42 Å². The number of likely N-dealkylation sites (tertiary alicyclic amines) is 1. The molecule has 3 atom stereocenters. The van der Waals surface area contributed by atoms with E-state index in [4.69, 9.17) is 5.73 Å². The van der Waals surface area contributed by atoms with Crippen LogP contribution in [-0.4, -0.2) is 29.9 Å². The van der Waals surface area contributed by atoms with Crippen molar-refractivity contribution in [3.05, 3.63) is 21.9 Å². The van der Waals surface area contributed by atoms with Gasteiger partial charge in [0.2, 0.25) is 0 Å². The van der Waals surface area contributed by atoms with Gasteiger partial charge in [-0.3, -0.25) is 4.79 Å². The molecule has 1 aromatic rings. The lowest BCUT2D eigenvalue weighted by Gasteiger charge is -2.18. The van der Waals surface area contributed by atoms with Crippen LogP contribution in [0.4, 0.5) is 0 Å². The fourth-order valence-electron chi connectivity index (χ4n) is 3.22. The van der Waals surface area contributed by atoms with Crippen molar-refractivity contribution in [3.63, 3.8) is 0 Å². The van der Waals surface area contributed by atoms with Crippen molar-refractivity contribution in [1.82, 2.24) is 4.90 Å². The van der Waals surface area contributed by atoms with Gasteiger partial charge in [-0.25, -0.2) is 0 Å². The lowest BCUT2D eigenvalue weighted by atomic mass is 9.98. The summed E-state index contributed by atoms with van der Waals surface area (Å²) in [5, 5.41) is 4.00. The molecule has 1 aliphatic heterocycles. The molecule has 2 fully saturated rings. The van der Waals surface area contributed by atoms with Gasteiger partial charge in [0.1, 0.15) is 0 Å². The highest BCUT2D eigenvalue weighted by Crippen LogP contribution is 2.37. The molecule has 1 aromatic heterocycles. The van der Waals surface area contributed by atoms with Gasteiger partial charge in [-0.1, -0.05) is 0 Å². The molecule has 1 aliphatic carbocycles. The van der Waals surface area contributed by atoms with Crippen LogP contribution in [0.1, 0.15) is 28.8 Å². The highest BCUT2D eigenvalue weighted by atomic mass is 32.1. The Kier molecular flexibility index (Phi) is 2.71. The van der Waals surface area contributed by atoms with Crippen LogP contribution in [0.5, 0.6) is 0 Å². The number of nitrogens with two attached hydrogens (primary N) is 1. The molecule has 4 heteroatoms. The number of thiophene rings is 1. The van der Waals surface area contributed by atoms with Crippen molar-refractivity contribution in [2.75, 3.05) is 13.1 Å². The molecule has 0 radical (unpaired) electrons. The average Bonchev–Trinajstić information content (AvgIpc) is 2.96. The third-order valence-electron chi connectivity index (χ3n) is 4.29. The predicted octanol–water partition coefficient (Wildman–Crippen LogP) is 1.87. The fraction of sp³-hybridized carbons (Fsp3) is 0.615. The minimum absolute atomic E-state index is 0.199. The molecule has 17 heavy (non-hydrogen) atoms. The van der Waals surface area contributed by atoms with Crippen LogP contribution in [0.25, 0.3) is 0 Å². The quantitative estimate of drug-likeness (QED) is 0.827. The first-order valence-corrected chi connectivity index (χ1v) is 7.18. The average molecular weight is 250 g/mol. The number of rotatable bonds is 1. The van der Waals surface area contributed by atoms with Crippen LogP contribution in [0.3, 0.4) is 0 Å². The molecule has 2 N–H and O–H groups in total. The van der Waals surface area contributed by atoms with Gasteiger partial charge in [-0.05, 0) is 42.5 Å². The summed E-state index contributed by atoms with van der Waals surface area (Å²) < 4.78 is 0. The van der Waals surface area contributed by atoms with Crippen molar-refractivity contribution in [1.29, 1.82) is 0 Å². The molecule has 1 saturated carbocycles. The Balaban J connectivity index is 1.75. The Hall–Kier alpha value is -0.870. The zero-order valence-corrected chi connectivity index (χ0v) is 10.9. The van der Waals surface area contributed by atoms with Crippen molar-refractivity contribution in [2.45, 2.75) is 25.8 Å². The van der Waals surface area contributed by atoms with Crippen LogP contribution in [-0.2, 0) is 0 Å². The van der Waals surface area contributed by atoms with Gasteiger partial charge in [0.05, 0.1) is 5.56 Å². The first-order chi connectivity index (χ1) is 8.16. The number of carbonyl (C=O) groups is 1. The maximum absolute atomic E-state index is 12.4. The summed E-state index contributed by atoms with van der Waals surface area (Å²) in [5.74, 6) is 1.39. The zero-order valence-electron chi connectivity index (χ0n) is 10.1. The maximum Gasteiger partial charge on any atom is 0.254 e. The standard InChI is InChI=1S/C13H18N2OS/c1-8-6-17-7-11(8)13(16)15-4-9-2-3-12(14)10(9)5-15/h6-7,9-10,12H,2-5,14H2,1H3. The van der Waals surface area contributed by atoms with E-state index in [9.17, 15) is 4.79 Å². The third-order valence-corrected chi connectivity index (χ3v) is 5.15. The minimum atomic E-state index is 0.199. The third kappa shape index (κ3) is 1.79. The van der Waals surface area contributed by atoms with Crippen molar-refractivity contribution in [3.8, 4) is 0 Å². The van der Waals surface area contributed by atoms with Crippen LogP contribution in [0.2, 0.25) is 0 Å². The van der Waals surface area contributed by atoms with E-state index in [2.05, 4.69) is 0 Å². The maximum atomic E-state index is 12.4. The molecule has 3 nitrogen and oxygen atoms in total. The summed E-state index contributed by atoms with van der Waals surface area (Å²) in [6, 6.07) is 0.307. The fourth-order valence-corrected chi connectivity index (χ4v) is 4.05. The molecule has 1 saturated heterocycles. The number of hydrogen-bond acceptors (Lipinski definition) is 3. The topological polar surface area (TPSA) is 46.3 Å². The summed E-state index contributed by atoms with van der Waals surface area (Å²) >= 11 is 1.60. The largest absolute Gasteiger partial charge is 0.338 e. The predicted molar refractivity (Wildman–Crippen MR) is 69.1 cm³/mol. The minimum Gasteiger partial charge on any atom is -0.338 e. The van der Waals surface area contributed by atoms with Crippen LogP contribution in [0, 0.1) is 18.8 Å². The first-order valence-electron chi connectivity index (χ1n) is 6.24. The number of hydrogen-bond donors (Lipinski definition) is 1. The Morgan fingerprint density at radius 3 is 2.88 bits per heavy atom. The van der Waals surface area contributed by atoms with Crippen LogP contribution in [0.15, 0.2) is 10.8 Å². The smallest absolute Gasteiger partial charge is 0.254 e. The molecule has 0 bridgehead atoms. The second-order valence-electron chi connectivity index (χ2n) is 5.34. The van der Waals surface area contributed by atoms with E-state index in [0.717, 1.165) is 30.6 Å². The number of aryl methyl sites for hydroxylation is 1. The molecular weight excluding hydrogens is 232 g/mol. The summed E-state index contributed by atoms with van der Waals surface area (Å²) in [6.45, 7) is 3.78. The monoisotopic (exact) mass is 250 g/mol. The van der Waals surface area contributed by atoms with Crippen LogP contribution < -0.4 is 5.73 Å². The van der Waals surface area contributed by atoms with Gasteiger partial charge in [0.25, 0.3) is 5.91 Å². The van der Waals surface area contributed by atoms with Gasteiger partial charge in [-0.15, -0.1) is 0 Å². The molecular formula is C13H18N2OS. The van der Waals surface area contributed by atoms with Crippen molar-refractivity contribution >= 4 is 17.2 Å².